The Hall–Kier alpha value is -0.350. The number of hydrogen-bond donors (Lipinski definition) is 1. The van der Waals surface area contributed by atoms with E-state index in [9.17, 15) is 4.79 Å². The van der Waals surface area contributed by atoms with Gasteiger partial charge in [-0.3, -0.25) is 4.79 Å². The van der Waals surface area contributed by atoms with Gasteiger partial charge in [0.15, 0.2) is 0 Å². The van der Waals surface area contributed by atoms with Crippen molar-refractivity contribution in [3.8, 4) is 0 Å². The van der Waals surface area contributed by atoms with Crippen molar-refractivity contribution in [3.63, 3.8) is 0 Å². The van der Waals surface area contributed by atoms with E-state index in [-0.39, 0.29) is 5.91 Å². The molecule has 0 saturated heterocycles. The molecule has 2 nitrogen and oxygen atoms in total. The summed E-state index contributed by atoms with van der Waals surface area (Å²) in [5.74, 6) is 0.106. The van der Waals surface area contributed by atoms with Gasteiger partial charge < -0.3 is 5.32 Å². The molecule has 1 heterocycles. The molecule has 0 aliphatic heterocycles. The predicted octanol–water partition coefficient (Wildman–Crippen LogP) is 2.97. The highest BCUT2D eigenvalue weighted by atomic mass is 79.9. The minimum Gasteiger partial charge on any atom is -0.355 e. The number of alkyl halides is 1. The summed E-state index contributed by atoms with van der Waals surface area (Å²) in [5, 5.41) is 6.93. The van der Waals surface area contributed by atoms with Gasteiger partial charge in [0.05, 0.1) is 6.42 Å². The molecule has 0 aromatic carbocycles. The third kappa shape index (κ3) is 5.33. The first-order valence-corrected chi connectivity index (χ1v) is 7.00. The number of halogens is 1. The van der Waals surface area contributed by atoms with E-state index in [1.807, 2.05) is 16.8 Å². The standard InChI is InChI=1S/C11H16BrNOS/c1-2-3-10(12)7-13-11(14)6-9-4-5-15-8-9/h4-5,8,10H,2-3,6-7H2,1H3,(H,13,14). The number of hydrogen-bond acceptors (Lipinski definition) is 2. The Labute approximate surface area is 103 Å². The Morgan fingerprint density at radius 1 is 1.67 bits per heavy atom. The van der Waals surface area contributed by atoms with Crippen LogP contribution in [0.3, 0.4) is 0 Å². The average molecular weight is 290 g/mol. The summed E-state index contributed by atoms with van der Waals surface area (Å²) >= 11 is 5.16. The molecule has 1 rings (SSSR count). The minimum absolute atomic E-state index is 0.106. The number of rotatable bonds is 6. The lowest BCUT2D eigenvalue weighted by atomic mass is 10.2. The zero-order chi connectivity index (χ0) is 11.1. The summed E-state index contributed by atoms with van der Waals surface area (Å²) in [6, 6.07) is 1.99. The molecule has 4 heteroatoms. The van der Waals surface area contributed by atoms with E-state index in [0.29, 0.717) is 11.2 Å². The Balaban J connectivity index is 2.19. The molecule has 1 aromatic heterocycles. The van der Waals surface area contributed by atoms with Crippen molar-refractivity contribution in [2.24, 2.45) is 0 Å². The quantitative estimate of drug-likeness (QED) is 0.802. The van der Waals surface area contributed by atoms with Crippen molar-refractivity contribution < 1.29 is 4.79 Å². The first kappa shape index (κ1) is 12.7. The molecule has 0 saturated carbocycles. The molecule has 0 aliphatic rings. The fraction of sp³-hybridized carbons (Fsp3) is 0.545. The van der Waals surface area contributed by atoms with Gasteiger partial charge >= 0.3 is 0 Å². The number of carbonyl (C=O) groups is 1. The van der Waals surface area contributed by atoms with Crippen LogP contribution in [0.5, 0.6) is 0 Å². The van der Waals surface area contributed by atoms with Crippen LogP contribution in [-0.2, 0) is 11.2 Å². The molecule has 1 unspecified atom stereocenters. The summed E-state index contributed by atoms with van der Waals surface area (Å²) in [6.07, 6.45) is 2.73. The first-order valence-electron chi connectivity index (χ1n) is 5.14. The molecule has 84 valence electrons. The molecule has 1 atom stereocenters. The second kappa shape index (κ2) is 7.01. The molecule has 1 aromatic rings. The maximum Gasteiger partial charge on any atom is 0.224 e. The zero-order valence-corrected chi connectivity index (χ0v) is 11.2. The van der Waals surface area contributed by atoms with E-state index < -0.39 is 0 Å². The van der Waals surface area contributed by atoms with Crippen LogP contribution in [-0.4, -0.2) is 17.3 Å². The van der Waals surface area contributed by atoms with Crippen LogP contribution in [0.4, 0.5) is 0 Å². The molecule has 15 heavy (non-hydrogen) atoms. The zero-order valence-electron chi connectivity index (χ0n) is 8.83. The smallest absolute Gasteiger partial charge is 0.224 e. The Morgan fingerprint density at radius 3 is 3.07 bits per heavy atom. The second-order valence-electron chi connectivity index (χ2n) is 3.50. The molecule has 0 aliphatic carbocycles. The fourth-order valence-electron chi connectivity index (χ4n) is 1.28. The van der Waals surface area contributed by atoms with E-state index in [1.54, 1.807) is 11.3 Å². The van der Waals surface area contributed by atoms with Crippen molar-refractivity contribution in [1.29, 1.82) is 0 Å². The molecular weight excluding hydrogens is 274 g/mol. The van der Waals surface area contributed by atoms with Gasteiger partial charge in [-0.05, 0) is 28.8 Å². The normalized spacial score (nSPS) is 12.4. The first-order chi connectivity index (χ1) is 7.22. The topological polar surface area (TPSA) is 29.1 Å². The third-order valence-electron chi connectivity index (χ3n) is 2.07. The summed E-state index contributed by atoms with van der Waals surface area (Å²) in [7, 11) is 0. The number of amides is 1. The van der Waals surface area contributed by atoms with E-state index in [2.05, 4.69) is 28.2 Å². The average Bonchev–Trinajstić information content (AvgIpc) is 2.68. The monoisotopic (exact) mass is 289 g/mol. The molecule has 1 amide bonds. The Kier molecular flexibility index (Phi) is 5.95. The summed E-state index contributed by atoms with van der Waals surface area (Å²) in [6.45, 7) is 2.86. The summed E-state index contributed by atoms with van der Waals surface area (Å²) < 4.78 is 0. The fourth-order valence-corrected chi connectivity index (χ4v) is 2.57. The van der Waals surface area contributed by atoms with Crippen LogP contribution in [0.25, 0.3) is 0 Å². The van der Waals surface area contributed by atoms with Crippen molar-refractivity contribution in [1.82, 2.24) is 5.32 Å². The van der Waals surface area contributed by atoms with Crippen LogP contribution in [0, 0.1) is 0 Å². The lowest BCUT2D eigenvalue weighted by Crippen LogP contribution is -2.30. The maximum absolute atomic E-state index is 11.5. The molecule has 0 fully saturated rings. The predicted molar refractivity (Wildman–Crippen MR) is 68.7 cm³/mol. The summed E-state index contributed by atoms with van der Waals surface area (Å²) in [4.78, 5) is 11.9. The van der Waals surface area contributed by atoms with Gasteiger partial charge in [-0.1, -0.05) is 29.3 Å². The maximum atomic E-state index is 11.5. The van der Waals surface area contributed by atoms with Crippen molar-refractivity contribution >= 4 is 33.2 Å². The number of carbonyl (C=O) groups excluding carboxylic acids is 1. The highest BCUT2D eigenvalue weighted by molar-refractivity contribution is 9.09. The number of thiophene rings is 1. The van der Waals surface area contributed by atoms with Crippen LogP contribution in [0.1, 0.15) is 25.3 Å². The van der Waals surface area contributed by atoms with Gasteiger partial charge in [0.2, 0.25) is 5.91 Å². The summed E-state index contributed by atoms with van der Waals surface area (Å²) in [5.41, 5.74) is 1.10. The van der Waals surface area contributed by atoms with Gasteiger partial charge in [-0.25, -0.2) is 0 Å². The Bertz CT molecular complexity index is 287. The van der Waals surface area contributed by atoms with Gasteiger partial charge in [-0.2, -0.15) is 11.3 Å². The number of nitrogens with one attached hydrogen (secondary N) is 1. The van der Waals surface area contributed by atoms with Crippen molar-refractivity contribution in [2.45, 2.75) is 31.0 Å². The minimum atomic E-state index is 0.106. The van der Waals surface area contributed by atoms with Crippen LogP contribution < -0.4 is 5.32 Å². The SMILES string of the molecule is CCCC(Br)CNC(=O)Cc1ccsc1. The molecular formula is C11H16BrNOS. The highest BCUT2D eigenvalue weighted by Crippen LogP contribution is 2.08. The third-order valence-corrected chi connectivity index (χ3v) is 3.58. The lowest BCUT2D eigenvalue weighted by molar-refractivity contribution is -0.120. The van der Waals surface area contributed by atoms with Gasteiger partial charge in [0.1, 0.15) is 0 Å². The van der Waals surface area contributed by atoms with E-state index in [4.69, 9.17) is 0 Å². The lowest BCUT2D eigenvalue weighted by Gasteiger charge is -2.09. The second-order valence-corrected chi connectivity index (χ2v) is 5.57. The molecule has 0 radical (unpaired) electrons. The molecule has 0 spiro atoms. The largest absolute Gasteiger partial charge is 0.355 e. The molecule has 0 bridgehead atoms. The molecule has 1 N–H and O–H groups in total. The van der Waals surface area contributed by atoms with Crippen molar-refractivity contribution in [2.75, 3.05) is 6.54 Å². The van der Waals surface area contributed by atoms with Crippen LogP contribution in [0.2, 0.25) is 0 Å². The van der Waals surface area contributed by atoms with Crippen LogP contribution in [0.15, 0.2) is 16.8 Å². The van der Waals surface area contributed by atoms with E-state index in [0.717, 1.165) is 24.9 Å². The van der Waals surface area contributed by atoms with Gasteiger partial charge in [-0.15, -0.1) is 0 Å². The van der Waals surface area contributed by atoms with Gasteiger partial charge in [0.25, 0.3) is 0 Å². The van der Waals surface area contributed by atoms with Crippen LogP contribution >= 0.6 is 27.3 Å². The highest BCUT2D eigenvalue weighted by Gasteiger charge is 2.06. The van der Waals surface area contributed by atoms with E-state index >= 15 is 0 Å². The van der Waals surface area contributed by atoms with E-state index in [1.165, 1.54) is 0 Å². The Morgan fingerprint density at radius 2 is 2.47 bits per heavy atom. The van der Waals surface area contributed by atoms with Gasteiger partial charge in [0, 0.05) is 11.4 Å². The van der Waals surface area contributed by atoms with Crippen molar-refractivity contribution in [3.05, 3.63) is 22.4 Å².